The molecular formula is C12H15ClN5O5P. The van der Waals surface area contributed by atoms with Gasteiger partial charge in [-0.1, -0.05) is 0 Å². The lowest BCUT2D eigenvalue weighted by Gasteiger charge is -2.24. The molecule has 130 valence electrons. The summed E-state index contributed by atoms with van der Waals surface area (Å²) in [4.78, 5) is 30.6. The number of fused-ring (bicyclic) bond motifs is 2. The predicted octanol–water partition coefficient (Wildman–Crippen LogP) is -0.478. The number of nitrogens with two attached hydrogens (primary N) is 1. The van der Waals surface area contributed by atoms with Crippen LogP contribution in [0.3, 0.4) is 0 Å². The van der Waals surface area contributed by atoms with Crippen LogP contribution in [0.2, 0.25) is 5.28 Å². The minimum Gasteiger partial charge on any atom is -0.390 e. The van der Waals surface area contributed by atoms with Gasteiger partial charge in [-0.25, -0.2) is 4.98 Å². The molecule has 2 aliphatic rings. The fraction of sp³-hybridized carbons (Fsp3) is 0.583. The molecule has 2 aromatic rings. The molecule has 2 fully saturated rings. The van der Waals surface area contributed by atoms with E-state index >= 15 is 0 Å². The monoisotopic (exact) mass is 375 g/mol. The Morgan fingerprint density at radius 3 is 2.79 bits per heavy atom. The number of nitrogens with zero attached hydrogens (tertiary/aromatic N) is 4. The molecule has 0 spiro atoms. The van der Waals surface area contributed by atoms with E-state index in [1.165, 1.54) is 6.33 Å². The average molecular weight is 376 g/mol. The summed E-state index contributed by atoms with van der Waals surface area (Å²) < 4.78 is 12.9. The van der Waals surface area contributed by atoms with Crippen molar-refractivity contribution in [1.82, 2.24) is 19.5 Å². The smallest absolute Gasteiger partial charge is 0.326 e. The summed E-state index contributed by atoms with van der Waals surface area (Å²) >= 11 is 5.83. The molecule has 2 heterocycles. The second kappa shape index (κ2) is 4.87. The van der Waals surface area contributed by atoms with Gasteiger partial charge >= 0.3 is 7.60 Å². The third-order valence-corrected chi connectivity index (χ3v) is 6.27. The Morgan fingerprint density at radius 1 is 1.42 bits per heavy atom. The summed E-state index contributed by atoms with van der Waals surface area (Å²) in [6.45, 7) is 0. The minimum absolute atomic E-state index is 0.0768. The van der Waals surface area contributed by atoms with Gasteiger partial charge in [0.2, 0.25) is 5.28 Å². The number of halogens is 1. The number of hydrogen-bond acceptors (Lipinski definition) is 7. The van der Waals surface area contributed by atoms with Gasteiger partial charge in [0.15, 0.2) is 11.5 Å². The number of rotatable bonds is 3. The topological polar surface area (TPSA) is 168 Å². The highest BCUT2D eigenvalue weighted by atomic mass is 35.5. The number of nitrogen functional groups attached to an aromatic ring is 1. The molecule has 0 radical (unpaired) electrons. The maximum atomic E-state index is 11.4. The number of aliphatic hydroxyl groups is 2. The summed E-state index contributed by atoms with van der Waals surface area (Å²) in [6.07, 6.45) is -1.10. The molecule has 10 nitrogen and oxygen atoms in total. The highest BCUT2D eigenvalue weighted by Gasteiger charge is 2.72. The molecule has 0 aliphatic heterocycles. The van der Waals surface area contributed by atoms with Crippen molar-refractivity contribution in [2.24, 2.45) is 11.3 Å². The molecular weight excluding hydrogens is 361 g/mol. The zero-order valence-corrected chi connectivity index (χ0v) is 13.8. The standard InChI is InChI=1S/C12H15ClN5O5P/c13-11-16-9(14)5-10(17-11)18(3-15-5)6-4-1-12(4,2-24(21,22)23)8(20)7(6)19/h3-4,6-8,19-20H,1-2H2,(H2,14,16,17)(H2,21,22,23)/t4-,6?,7+,8+,12+/m1/s1. The molecule has 0 saturated heterocycles. The lowest BCUT2D eigenvalue weighted by Crippen LogP contribution is -2.35. The second-order valence-electron chi connectivity index (χ2n) is 6.49. The molecule has 12 heteroatoms. The zero-order valence-electron chi connectivity index (χ0n) is 12.2. The number of imidazole rings is 1. The first-order chi connectivity index (χ1) is 11.1. The van der Waals surface area contributed by atoms with E-state index in [4.69, 9.17) is 17.3 Å². The van der Waals surface area contributed by atoms with Crippen molar-refractivity contribution in [3.05, 3.63) is 11.6 Å². The van der Waals surface area contributed by atoms with Gasteiger partial charge in [0, 0.05) is 5.41 Å². The Hall–Kier alpha value is -1.29. The van der Waals surface area contributed by atoms with Crippen molar-refractivity contribution in [1.29, 1.82) is 0 Å². The van der Waals surface area contributed by atoms with Crippen LogP contribution in [-0.2, 0) is 4.57 Å². The van der Waals surface area contributed by atoms with Crippen molar-refractivity contribution in [3.63, 3.8) is 0 Å². The van der Waals surface area contributed by atoms with Crippen LogP contribution < -0.4 is 5.73 Å². The Morgan fingerprint density at radius 2 is 2.12 bits per heavy atom. The summed E-state index contributed by atoms with van der Waals surface area (Å²) in [5.41, 5.74) is 5.38. The van der Waals surface area contributed by atoms with Crippen LogP contribution in [0.15, 0.2) is 6.33 Å². The molecule has 2 aromatic heterocycles. The van der Waals surface area contributed by atoms with E-state index in [1.807, 2.05) is 0 Å². The molecule has 0 bridgehead atoms. The lowest BCUT2D eigenvalue weighted by molar-refractivity contribution is -0.0137. The van der Waals surface area contributed by atoms with E-state index in [2.05, 4.69) is 15.0 Å². The summed E-state index contributed by atoms with van der Waals surface area (Å²) in [5, 5.41) is 20.7. The highest BCUT2D eigenvalue weighted by Crippen LogP contribution is 2.71. The Balaban J connectivity index is 1.78. The van der Waals surface area contributed by atoms with Crippen molar-refractivity contribution >= 4 is 36.2 Å². The fourth-order valence-electron chi connectivity index (χ4n) is 4.06. The van der Waals surface area contributed by atoms with Crippen LogP contribution in [0, 0.1) is 11.3 Å². The van der Waals surface area contributed by atoms with Crippen LogP contribution in [0.1, 0.15) is 12.5 Å². The second-order valence-corrected chi connectivity index (χ2v) is 8.48. The fourth-order valence-corrected chi connectivity index (χ4v) is 5.55. The SMILES string of the molecule is Nc1nc(Cl)nc2c1ncn2C1[C@H]2C[C@@]2(CP(=O)(O)O)[C@@H](O)[C@H]1O. The van der Waals surface area contributed by atoms with Gasteiger partial charge in [0.1, 0.15) is 11.6 Å². The summed E-state index contributed by atoms with van der Waals surface area (Å²) in [7, 11) is -4.33. The van der Waals surface area contributed by atoms with Crippen LogP contribution in [0.25, 0.3) is 11.2 Å². The molecule has 5 atom stereocenters. The molecule has 4 rings (SSSR count). The third kappa shape index (κ3) is 2.18. The van der Waals surface area contributed by atoms with Crippen LogP contribution in [0.5, 0.6) is 0 Å². The Labute approximate surface area is 140 Å². The van der Waals surface area contributed by atoms with E-state index < -0.39 is 37.4 Å². The molecule has 2 saturated carbocycles. The van der Waals surface area contributed by atoms with Crippen molar-refractivity contribution < 1.29 is 24.6 Å². The zero-order chi connectivity index (χ0) is 17.4. The normalized spacial score (nSPS) is 35.4. The maximum Gasteiger partial charge on any atom is 0.326 e. The molecule has 6 N–H and O–H groups in total. The molecule has 0 amide bonds. The molecule has 24 heavy (non-hydrogen) atoms. The number of aromatic nitrogens is 4. The Kier molecular flexibility index (Phi) is 3.29. The van der Waals surface area contributed by atoms with Crippen molar-refractivity contribution in [2.75, 3.05) is 11.9 Å². The maximum absolute atomic E-state index is 11.4. The largest absolute Gasteiger partial charge is 0.390 e. The van der Waals surface area contributed by atoms with Gasteiger partial charge < -0.3 is 30.3 Å². The Bertz CT molecular complexity index is 886. The first kappa shape index (κ1) is 16.2. The van der Waals surface area contributed by atoms with Gasteiger partial charge in [-0.05, 0) is 23.9 Å². The van der Waals surface area contributed by atoms with Crippen molar-refractivity contribution in [2.45, 2.75) is 24.7 Å². The number of anilines is 1. The van der Waals surface area contributed by atoms with E-state index in [0.717, 1.165) is 0 Å². The number of hydrogen-bond donors (Lipinski definition) is 5. The van der Waals surface area contributed by atoms with Crippen LogP contribution in [-0.4, -0.2) is 57.9 Å². The van der Waals surface area contributed by atoms with E-state index in [9.17, 15) is 24.6 Å². The van der Waals surface area contributed by atoms with E-state index in [1.54, 1.807) is 4.57 Å². The summed E-state index contributed by atoms with van der Waals surface area (Å²) in [5.74, 6) is -0.212. The average Bonchev–Trinajstić information content (AvgIpc) is 2.90. The van der Waals surface area contributed by atoms with E-state index in [-0.39, 0.29) is 17.0 Å². The van der Waals surface area contributed by atoms with E-state index in [0.29, 0.717) is 17.6 Å². The minimum atomic E-state index is -4.33. The first-order valence-corrected chi connectivity index (χ1v) is 9.38. The number of aliphatic hydroxyl groups excluding tert-OH is 2. The highest BCUT2D eigenvalue weighted by molar-refractivity contribution is 7.51. The summed E-state index contributed by atoms with van der Waals surface area (Å²) in [6, 6.07) is -0.623. The lowest BCUT2D eigenvalue weighted by atomic mass is 10.0. The quantitative estimate of drug-likeness (QED) is 0.351. The van der Waals surface area contributed by atoms with Gasteiger partial charge in [0.05, 0.1) is 24.6 Å². The van der Waals surface area contributed by atoms with Crippen molar-refractivity contribution in [3.8, 4) is 0 Å². The van der Waals surface area contributed by atoms with Crippen LogP contribution in [0.4, 0.5) is 5.82 Å². The molecule has 1 unspecified atom stereocenters. The predicted molar refractivity (Wildman–Crippen MR) is 83.2 cm³/mol. The molecule has 2 aliphatic carbocycles. The van der Waals surface area contributed by atoms with Gasteiger partial charge in [0.25, 0.3) is 0 Å². The molecule has 0 aromatic carbocycles. The van der Waals surface area contributed by atoms with Gasteiger partial charge in [-0.3, -0.25) is 4.57 Å². The van der Waals surface area contributed by atoms with Gasteiger partial charge in [-0.2, -0.15) is 9.97 Å². The van der Waals surface area contributed by atoms with Gasteiger partial charge in [-0.15, -0.1) is 0 Å². The van der Waals surface area contributed by atoms with Crippen LogP contribution >= 0.6 is 19.2 Å². The first-order valence-electron chi connectivity index (χ1n) is 7.20. The third-order valence-electron chi connectivity index (χ3n) is 5.10.